The number of pyridine rings is 1. The lowest BCUT2D eigenvalue weighted by Gasteiger charge is -2.08. The fourth-order valence-electron chi connectivity index (χ4n) is 1.05. The average Bonchev–Trinajstić information content (AvgIpc) is 2.26. The molecule has 0 aliphatic carbocycles. The molecule has 0 radical (unpaired) electrons. The van der Waals surface area contributed by atoms with Gasteiger partial charge in [0.05, 0.1) is 37.4 Å². The van der Waals surface area contributed by atoms with E-state index in [1.807, 2.05) is 0 Å². The maximum absolute atomic E-state index is 5.66. The zero-order valence-electron chi connectivity index (χ0n) is 10.1. The van der Waals surface area contributed by atoms with Gasteiger partial charge in [-0.15, -0.1) is 24.8 Å². The van der Waals surface area contributed by atoms with Gasteiger partial charge in [-0.1, -0.05) is 0 Å². The minimum absolute atomic E-state index is 0. The van der Waals surface area contributed by atoms with Gasteiger partial charge in [0.25, 0.3) is 0 Å². The van der Waals surface area contributed by atoms with Crippen LogP contribution < -0.4 is 16.2 Å². The van der Waals surface area contributed by atoms with Crippen LogP contribution in [0.4, 0.5) is 11.4 Å². The van der Waals surface area contributed by atoms with Gasteiger partial charge in [-0.05, 0) is 6.07 Å². The number of anilines is 2. The van der Waals surface area contributed by atoms with Gasteiger partial charge in [0, 0.05) is 7.11 Å². The lowest BCUT2D eigenvalue weighted by molar-refractivity contribution is 0.0538. The first kappa shape index (κ1) is 19.4. The van der Waals surface area contributed by atoms with E-state index >= 15 is 0 Å². The molecular formula is C10H19Cl2N3O3. The molecule has 8 heteroatoms. The van der Waals surface area contributed by atoms with E-state index in [2.05, 4.69) is 4.98 Å². The lowest BCUT2D eigenvalue weighted by atomic mass is 10.4. The number of hydrogen-bond donors (Lipinski definition) is 2. The summed E-state index contributed by atoms with van der Waals surface area (Å²) < 4.78 is 15.4. The fourth-order valence-corrected chi connectivity index (χ4v) is 1.05. The van der Waals surface area contributed by atoms with Crippen LogP contribution >= 0.6 is 24.8 Å². The Morgan fingerprint density at radius 3 is 2.39 bits per heavy atom. The van der Waals surface area contributed by atoms with Crippen LogP contribution in [0.15, 0.2) is 12.3 Å². The Labute approximate surface area is 119 Å². The molecule has 1 aromatic heterocycles. The molecule has 0 saturated heterocycles. The van der Waals surface area contributed by atoms with Gasteiger partial charge in [0.15, 0.2) is 0 Å². The number of halogens is 2. The Kier molecular flexibility index (Phi) is 12.0. The van der Waals surface area contributed by atoms with Crippen LogP contribution in [0, 0.1) is 0 Å². The largest absolute Gasteiger partial charge is 0.474 e. The number of methoxy groups -OCH3 is 1. The minimum Gasteiger partial charge on any atom is -0.474 e. The molecule has 0 aliphatic heterocycles. The Morgan fingerprint density at radius 2 is 1.78 bits per heavy atom. The molecule has 0 atom stereocenters. The first-order valence-corrected chi connectivity index (χ1v) is 4.94. The Balaban J connectivity index is 0. The molecule has 1 heterocycles. The maximum atomic E-state index is 5.66. The fraction of sp³-hybridized carbons (Fsp3) is 0.500. The van der Waals surface area contributed by atoms with Crippen LogP contribution in [-0.2, 0) is 9.47 Å². The smallest absolute Gasteiger partial charge is 0.237 e. The molecule has 4 N–H and O–H groups in total. The number of ether oxygens (including phenoxy) is 3. The molecule has 1 aromatic rings. The standard InChI is InChI=1S/C10H17N3O3.2ClH/c1-14-2-3-15-4-5-16-10-9(12)6-8(11)7-13-10;;/h6-7H,2-5,11-12H2,1H3;2*1H. The van der Waals surface area contributed by atoms with E-state index in [9.17, 15) is 0 Å². The molecule has 0 spiro atoms. The van der Waals surface area contributed by atoms with Gasteiger partial charge in [-0.2, -0.15) is 0 Å². The minimum atomic E-state index is 0. The molecule has 0 aromatic carbocycles. The molecule has 0 fully saturated rings. The van der Waals surface area contributed by atoms with Gasteiger partial charge in [0.2, 0.25) is 5.88 Å². The van der Waals surface area contributed by atoms with Crippen molar-refractivity contribution < 1.29 is 14.2 Å². The molecule has 6 nitrogen and oxygen atoms in total. The molecule has 0 amide bonds. The van der Waals surface area contributed by atoms with Crippen molar-refractivity contribution >= 4 is 36.2 Å². The van der Waals surface area contributed by atoms with Crippen molar-refractivity contribution in [2.45, 2.75) is 0 Å². The summed E-state index contributed by atoms with van der Waals surface area (Å²) >= 11 is 0. The highest BCUT2D eigenvalue weighted by molar-refractivity contribution is 5.85. The van der Waals surface area contributed by atoms with Crippen molar-refractivity contribution in [1.82, 2.24) is 4.98 Å². The van der Waals surface area contributed by atoms with Crippen molar-refractivity contribution in [3.63, 3.8) is 0 Å². The van der Waals surface area contributed by atoms with Crippen molar-refractivity contribution in [2.75, 3.05) is 45.0 Å². The second kappa shape index (κ2) is 11.2. The Hall–Kier alpha value is -0.950. The first-order valence-electron chi connectivity index (χ1n) is 4.94. The lowest BCUT2D eigenvalue weighted by Crippen LogP contribution is -2.11. The van der Waals surface area contributed by atoms with E-state index in [-0.39, 0.29) is 24.8 Å². The van der Waals surface area contributed by atoms with Crippen LogP contribution in [0.25, 0.3) is 0 Å². The van der Waals surface area contributed by atoms with Crippen LogP contribution in [0.5, 0.6) is 5.88 Å². The number of rotatable bonds is 7. The quantitative estimate of drug-likeness (QED) is 0.733. The first-order chi connectivity index (χ1) is 7.74. The Morgan fingerprint density at radius 1 is 1.11 bits per heavy atom. The zero-order valence-corrected chi connectivity index (χ0v) is 11.8. The van der Waals surface area contributed by atoms with Gasteiger partial charge in [-0.25, -0.2) is 4.98 Å². The third kappa shape index (κ3) is 7.39. The molecule has 0 aliphatic rings. The summed E-state index contributed by atoms with van der Waals surface area (Å²) in [5.74, 6) is 0.379. The summed E-state index contributed by atoms with van der Waals surface area (Å²) in [7, 11) is 1.62. The average molecular weight is 300 g/mol. The molecule has 18 heavy (non-hydrogen) atoms. The van der Waals surface area contributed by atoms with Crippen molar-refractivity contribution in [3.8, 4) is 5.88 Å². The van der Waals surface area contributed by atoms with E-state index in [1.165, 1.54) is 6.20 Å². The van der Waals surface area contributed by atoms with Gasteiger partial charge >= 0.3 is 0 Å². The summed E-state index contributed by atoms with van der Waals surface area (Å²) in [5, 5.41) is 0. The monoisotopic (exact) mass is 299 g/mol. The van der Waals surface area contributed by atoms with E-state index in [0.29, 0.717) is 43.7 Å². The number of nitrogens with two attached hydrogens (primary N) is 2. The molecule has 0 bridgehead atoms. The molecule has 0 saturated carbocycles. The van der Waals surface area contributed by atoms with Crippen molar-refractivity contribution in [3.05, 3.63) is 12.3 Å². The highest BCUT2D eigenvalue weighted by Gasteiger charge is 2.01. The second-order valence-electron chi connectivity index (χ2n) is 3.12. The SMILES string of the molecule is COCCOCCOc1ncc(N)cc1N.Cl.Cl. The summed E-state index contributed by atoms with van der Waals surface area (Å²) in [6.45, 7) is 1.98. The number of hydrogen-bond acceptors (Lipinski definition) is 6. The van der Waals surface area contributed by atoms with E-state index in [4.69, 9.17) is 25.7 Å². The topological polar surface area (TPSA) is 92.6 Å². The van der Waals surface area contributed by atoms with Crippen LogP contribution in [0.1, 0.15) is 0 Å². The van der Waals surface area contributed by atoms with E-state index in [1.54, 1.807) is 13.2 Å². The number of aromatic nitrogens is 1. The predicted molar refractivity (Wildman–Crippen MR) is 75.7 cm³/mol. The Bertz CT molecular complexity index is 329. The van der Waals surface area contributed by atoms with Crippen LogP contribution in [-0.4, -0.2) is 38.5 Å². The van der Waals surface area contributed by atoms with Crippen molar-refractivity contribution in [1.29, 1.82) is 0 Å². The molecule has 0 unspecified atom stereocenters. The van der Waals surface area contributed by atoms with Crippen LogP contribution in [0.3, 0.4) is 0 Å². The third-order valence-corrected chi connectivity index (χ3v) is 1.80. The van der Waals surface area contributed by atoms with Gasteiger partial charge in [0.1, 0.15) is 6.61 Å². The molecular weight excluding hydrogens is 281 g/mol. The maximum Gasteiger partial charge on any atom is 0.237 e. The number of nitrogens with zero attached hydrogens (tertiary/aromatic N) is 1. The number of nitrogen functional groups attached to an aromatic ring is 2. The van der Waals surface area contributed by atoms with Crippen molar-refractivity contribution in [2.24, 2.45) is 0 Å². The zero-order chi connectivity index (χ0) is 11.8. The highest BCUT2D eigenvalue weighted by Crippen LogP contribution is 2.19. The summed E-state index contributed by atoms with van der Waals surface area (Å²) in [4.78, 5) is 3.96. The highest BCUT2D eigenvalue weighted by atomic mass is 35.5. The van der Waals surface area contributed by atoms with E-state index in [0.717, 1.165) is 0 Å². The predicted octanol–water partition coefficient (Wildman–Crippen LogP) is 1.13. The second-order valence-corrected chi connectivity index (χ2v) is 3.12. The van der Waals surface area contributed by atoms with Crippen LogP contribution in [0.2, 0.25) is 0 Å². The summed E-state index contributed by atoms with van der Waals surface area (Å²) in [6, 6.07) is 1.61. The van der Waals surface area contributed by atoms with E-state index < -0.39 is 0 Å². The van der Waals surface area contributed by atoms with Gasteiger partial charge < -0.3 is 25.7 Å². The normalized spacial score (nSPS) is 9.17. The summed E-state index contributed by atoms with van der Waals surface area (Å²) in [5.41, 5.74) is 12.1. The molecule has 106 valence electrons. The molecule has 1 rings (SSSR count). The summed E-state index contributed by atoms with van der Waals surface area (Å²) in [6.07, 6.45) is 1.50. The third-order valence-electron chi connectivity index (χ3n) is 1.80. The van der Waals surface area contributed by atoms with Gasteiger partial charge in [-0.3, -0.25) is 0 Å².